The number of hydrogen-bond donors (Lipinski definition) is 2. The number of aliphatic hydroxyl groups is 1. The van der Waals surface area contributed by atoms with Crippen LogP contribution in [0.25, 0.3) is 0 Å². The fraction of sp³-hybridized carbons (Fsp3) is 0.714. The van der Waals surface area contributed by atoms with Gasteiger partial charge in [0.05, 0.1) is 12.1 Å². The summed E-state index contributed by atoms with van der Waals surface area (Å²) in [7, 11) is 0. The zero-order valence-electron chi connectivity index (χ0n) is 12.6. The molecule has 0 saturated carbocycles. The molecule has 0 radical (unpaired) electrons. The lowest BCUT2D eigenvalue weighted by molar-refractivity contribution is -0.222. The molecule has 1 heterocycles. The summed E-state index contributed by atoms with van der Waals surface area (Å²) in [6.07, 6.45) is -0.789. The third kappa shape index (κ3) is 5.02. The van der Waals surface area contributed by atoms with Crippen LogP contribution in [0.2, 0.25) is 0 Å². The van der Waals surface area contributed by atoms with Crippen LogP contribution in [0, 0.1) is 11.8 Å². The largest absolute Gasteiger partial charge is 0.463 e. The Labute approximate surface area is 124 Å². The minimum atomic E-state index is -1.19. The molecule has 7 heteroatoms. The van der Waals surface area contributed by atoms with Crippen LogP contribution in [0.4, 0.5) is 4.79 Å². The number of amides is 1. The number of carbonyl (C=O) groups excluding carboxylic acids is 2. The van der Waals surface area contributed by atoms with E-state index >= 15 is 0 Å². The van der Waals surface area contributed by atoms with E-state index in [4.69, 9.17) is 14.2 Å². The van der Waals surface area contributed by atoms with Gasteiger partial charge in [0.25, 0.3) is 0 Å². The van der Waals surface area contributed by atoms with Crippen LogP contribution in [0.1, 0.15) is 20.8 Å². The lowest BCUT2D eigenvalue weighted by Gasteiger charge is -2.42. The van der Waals surface area contributed by atoms with E-state index in [-0.39, 0.29) is 25.0 Å². The van der Waals surface area contributed by atoms with E-state index in [9.17, 15) is 14.7 Å². The van der Waals surface area contributed by atoms with Crippen molar-refractivity contribution in [3.05, 3.63) is 12.7 Å². The molecule has 21 heavy (non-hydrogen) atoms. The van der Waals surface area contributed by atoms with Crippen LogP contribution in [0.5, 0.6) is 0 Å². The number of alkyl carbamates (subject to hydrolysis) is 1. The number of esters is 1. The maximum Gasteiger partial charge on any atom is 0.407 e. The lowest BCUT2D eigenvalue weighted by Crippen LogP contribution is -2.57. The first-order chi connectivity index (χ1) is 9.86. The molecular formula is C14H23NO6. The van der Waals surface area contributed by atoms with E-state index in [2.05, 4.69) is 11.9 Å². The molecule has 0 spiro atoms. The van der Waals surface area contributed by atoms with Gasteiger partial charge in [-0.15, -0.1) is 0 Å². The van der Waals surface area contributed by atoms with Gasteiger partial charge in [-0.25, -0.2) is 4.79 Å². The van der Waals surface area contributed by atoms with Crippen LogP contribution in [0.15, 0.2) is 12.7 Å². The third-order valence-corrected chi connectivity index (χ3v) is 3.67. The topological polar surface area (TPSA) is 94.1 Å². The van der Waals surface area contributed by atoms with Crippen molar-refractivity contribution in [2.24, 2.45) is 11.8 Å². The Morgan fingerprint density at radius 2 is 2.00 bits per heavy atom. The van der Waals surface area contributed by atoms with E-state index in [0.717, 1.165) is 0 Å². The van der Waals surface area contributed by atoms with Crippen molar-refractivity contribution in [2.75, 3.05) is 13.2 Å². The predicted octanol–water partition coefficient (Wildman–Crippen LogP) is 0.820. The van der Waals surface area contributed by atoms with Gasteiger partial charge in [0.1, 0.15) is 13.2 Å². The zero-order valence-corrected chi connectivity index (χ0v) is 12.6. The lowest BCUT2D eigenvalue weighted by atomic mass is 9.82. The molecule has 3 unspecified atom stereocenters. The fourth-order valence-corrected chi connectivity index (χ4v) is 2.22. The molecule has 1 fully saturated rings. The summed E-state index contributed by atoms with van der Waals surface area (Å²) in [6, 6.07) is -0.592. The Hall–Kier alpha value is -1.60. The van der Waals surface area contributed by atoms with Crippen molar-refractivity contribution in [3.63, 3.8) is 0 Å². The molecule has 2 N–H and O–H groups in total. The molecule has 1 aliphatic rings. The first-order valence-electron chi connectivity index (χ1n) is 6.87. The predicted molar refractivity (Wildman–Crippen MR) is 74.3 cm³/mol. The number of nitrogens with one attached hydrogen (secondary N) is 1. The van der Waals surface area contributed by atoms with Crippen molar-refractivity contribution in [3.8, 4) is 0 Å². The molecule has 0 bridgehead atoms. The number of ether oxygens (including phenoxy) is 3. The van der Waals surface area contributed by atoms with Crippen LogP contribution in [-0.2, 0) is 19.0 Å². The van der Waals surface area contributed by atoms with E-state index < -0.39 is 30.5 Å². The van der Waals surface area contributed by atoms with Gasteiger partial charge in [-0.05, 0) is 11.8 Å². The molecule has 1 aliphatic heterocycles. The Kier molecular flexibility index (Phi) is 6.64. The van der Waals surface area contributed by atoms with E-state index in [1.54, 1.807) is 0 Å². The second kappa shape index (κ2) is 7.99. The molecule has 5 atom stereocenters. The van der Waals surface area contributed by atoms with Gasteiger partial charge >= 0.3 is 12.1 Å². The van der Waals surface area contributed by atoms with Gasteiger partial charge in [-0.3, -0.25) is 4.79 Å². The summed E-state index contributed by atoms with van der Waals surface area (Å²) in [5.74, 6) is -0.496. The molecule has 1 saturated heterocycles. The molecule has 1 rings (SSSR count). The number of hydrogen-bond acceptors (Lipinski definition) is 6. The quantitative estimate of drug-likeness (QED) is 0.577. The van der Waals surface area contributed by atoms with Gasteiger partial charge in [0, 0.05) is 6.92 Å². The highest BCUT2D eigenvalue weighted by atomic mass is 16.6. The Morgan fingerprint density at radius 1 is 1.33 bits per heavy atom. The summed E-state index contributed by atoms with van der Waals surface area (Å²) in [6.45, 7) is 8.72. The normalized spacial score (nSPS) is 32.1. The minimum absolute atomic E-state index is 0.0162. The van der Waals surface area contributed by atoms with Crippen molar-refractivity contribution < 1.29 is 28.9 Å². The van der Waals surface area contributed by atoms with Crippen LogP contribution in [0.3, 0.4) is 0 Å². The smallest absolute Gasteiger partial charge is 0.407 e. The number of carbonyl (C=O) groups is 2. The summed E-state index contributed by atoms with van der Waals surface area (Å²) < 4.78 is 15.2. The summed E-state index contributed by atoms with van der Waals surface area (Å²) >= 11 is 0. The minimum Gasteiger partial charge on any atom is -0.463 e. The SMILES string of the molecule is C=CCOC(=O)NC1C(O)O[C@@H](COC(C)=O)[C@H](C)C1C. The van der Waals surface area contributed by atoms with Crippen molar-refractivity contribution in [1.29, 1.82) is 0 Å². The van der Waals surface area contributed by atoms with Gasteiger partial charge in [-0.1, -0.05) is 26.5 Å². The van der Waals surface area contributed by atoms with Crippen LogP contribution in [-0.4, -0.2) is 48.8 Å². The first kappa shape index (κ1) is 17.5. The molecule has 0 aliphatic carbocycles. The Morgan fingerprint density at radius 3 is 2.57 bits per heavy atom. The Balaban J connectivity index is 2.59. The summed E-state index contributed by atoms with van der Waals surface area (Å²) in [5, 5.41) is 12.6. The molecule has 0 aromatic heterocycles. The van der Waals surface area contributed by atoms with E-state index in [0.29, 0.717) is 0 Å². The first-order valence-corrected chi connectivity index (χ1v) is 6.87. The molecule has 1 amide bonds. The molecule has 0 aromatic carbocycles. The summed E-state index contributed by atoms with van der Waals surface area (Å²) in [5.41, 5.74) is 0. The van der Waals surface area contributed by atoms with Gasteiger partial charge < -0.3 is 24.6 Å². The third-order valence-electron chi connectivity index (χ3n) is 3.67. The highest BCUT2D eigenvalue weighted by Gasteiger charge is 2.42. The highest BCUT2D eigenvalue weighted by molar-refractivity contribution is 5.67. The molecular weight excluding hydrogens is 278 g/mol. The zero-order chi connectivity index (χ0) is 16.0. The van der Waals surface area contributed by atoms with Crippen molar-refractivity contribution in [2.45, 2.75) is 39.2 Å². The number of rotatable bonds is 5. The maximum absolute atomic E-state index is 11.5. The molecule has 0 aromatic rings. The molecule has 120 valence electrons. The fourth-order valence-electron chi connectivity index (χ4n) is 2.22. The Bertz CT molecular complexity index is 386. The van der Waals surface area contributed by atoms with Crippen LogP contribution < -0.4 is 5.32 Å². The summed E-state index contributed by atoms with van der Waals surface area (Å²) in [4.78, 5) is 22.4. The van der Waals surface area contributed by atoms with E-state index in [1.807, 2.05) is 13.8 Å². The van der Waals surface area contributed by atoms with Crippen molar-refractivity contribution in [1.82, 2.24) is 5.32 Å². The van der Waals surface area contributed by atoms with Gasteiger partial charge in [0.15, 0.2) is 6.29 Å². The van der Waals surface area contributed by atoms with E-state index in [1.165, 1.54) is 13.0 Å². The maximum atomic E-state index is 11.5. The average molecular weight is 301 g/mol. The molecule has 7 nitrogen and oxygen atoms in total. The van der Waals surface area contributed by atoms with Gasteiger partial charge in [-0.2, -0.15) is 0 Å². The second-order valence-corrected chi connectivity index (χ2v) is 5.14. The van der Waals surface area contributed by atoms with Crippen molar-refractivity contribution >= 4 is 12.1 Å². The highest BCUT2D eigenvalue weighted by Crippen LogP contribution is 2.30. The monoisotopic (exact) mass is 301 g/mol. The average Bonchev–Trinajstić information content (AvgIpc) is 2.43. The second-order valence-electron chi connectivity index (χ2n) is 5.14. The van der Waals surface area contributed by atoms with Crippen LogP contribution >= 0.6 is 0 Å². The number of aliphatic hydroxyl groups excluding tert-OH is 1. The standard InChI is InChI=1S/C14H23NO6/c1-5-6-19-14(18)15-12-9(3)8(2)11(21-13(12)17)7-20-10(4)16/h5,8-9,11-13,17H,1,6-7H2,2-4H3,(H,15,18)/t8-,9?,11+,12?,13?/m1/s1. The van der Waals surface area contributed by atoms with Gasteiger partial charge in [0.2, 0.25) is 0 Å².